The Balaban J connectivity index is 1.33. The summed E-state index contributed by atoms with van der Waals surface area (Å²) >= 11 is 0. The topological polar surface area (TPSA) is 46.5 Å². The van der Waals surface area contributed by atoms with Crippen molar-refractivity contribution >= 4 is 5.97 Å². The third-order valence-electron chi connectivity index (χ3n) is 9.36. The third kappa shape index (κ3) is 5.31. The fourth-order valence-electron chi connectivity index (χ4n) is 7.08. The summed E-state index contributed by atoms with van der Waals surface area (Å²) in [6.07, 6.45) is 13.0. The van der Waals surface area contributed by atoms with Crippen LogP contribution in [0.25, 0.3) is 0 Å². The van der Waals surface area contributed by atoms with Crippen LogP contribution in [0.4, 0.5) is 4.39 Å². The van der Waals surface area contributed by atoms with Crippen molar-refractivity contribution in [1.29, 1.82) is 0 Å². The Morgan fingerprint density at radius 1 is 1.03 bits per heavy atom. The first kappa shape index (κ1) is 24.7. The standard InChI is InChI=1S/C29H43FO3/c1-4-6-19-7-9-20(10-8-19)18(3)21-11-13-22(14-12-21)25-17-23-15-16-24(26(31)5-2)27(30)28(23)33-29(25)32/h15-16,18-22,25-26,31H,4-14,17H2,1-3H3. The molecular weight excluding hydrogens is 415 g/mol. The molecule has 2 aliphatic carbocycles. The average molecular weight is 459 g/mol. The highest BCUT2D eigenvalue weighted by Crippen LogP contribution is 2.46. The van der Waals surface area contributed by atoms with E-state index in [2.05, 4.69) is 13.8 Å². The van der Waals surface area contributed by atoms with Gasteiger partial charge >= 0.3 is 5.97 Å². The molecule has 0 radical (unpaired) electrons. The molecule has 1 aliphatic heterocycles. The van der Waals surface area contributed by atoms with Crippen LogP contribution in [-0.2, 0) is 11.2 Å². The Morgan fingerprint density at radius 2 is 1.67 bits per heavy atom. The van der Waals surface area contributed by atoms with Gasteiger partial charge in [-0.15, -0.1) is 0 Å². The van der Waals surface area contributed by atoms with E-state index in [9.17, 15) is 14.3 Å². The summed E-state index contributed by atoms with van der Waals surface area (Å²) in [5, 5.41) is 10.1. The lowest BCUT2D eigenvalue weighted by molar-refractivity contribution is -0.143. The van der Waals surface area contributed by atoms with Crippen LogP contribution < -0.4 is 4.74 Å². The molecule has 4 heteroatoms. The van der Waals surface area contributed by atoms with Crippen LogP contribution in [0, 0.1) is 41.3 Å². The second kappa shape index (κ2) is 10.9. The maximum atomic E-state index is 14.9. The molecule has 1 heterocycles. The van der Waals surface area contributed by atoms with Gasteiger partial charge in [0, 0.05) is 5.56 Å². The Kier molecular flexibility index (Phi) is 8.15. The molecule has 3 aliphatic rings. The summed E-state index contributed by atoms with van der Waals surface area (Å²) < 4.78 is 20.4. The van der Waals surface area contributed by atoms with E-state index in [1.165, 1.54) is 51.4 Å². The van der Waals surface area contributed by atoms with Crippen molar-refractivity contribution in [2.75, 3.05) is 0 Å². The summed E-state index contributed by atoms with van der Waals surface area (Å²) in [7, 11) is 0. The highest BCUT2D eigenvalue weighted by molar-refractivity contribution is 5.78. The van der Waals surface area contributed by atoms with E-state index in [0.29, 0.717) is 18.8 Å². The lowest BCUT2D eigenvalue weighted by atomic mass is 9.65. The Morgan fingerprint density at radius 3 is 2.27 bits per heavy atom. The fraction of sp³-hybridized carbons (Fsp3) is 0.759. The quantitative estimate of drug-likeness (QED) is 0.342. The van der Waals surface area contributed by atoms with Crippen LogP contribution in [0.1, 0.15) is 109 Å². The molecule has 1 N–H and O–H groups in total. The van der Waals surface area contributed by atoms with Crippen LogP contribution >= 0.6 is 0 Å². The predicted molar refractivity (Wildman–Crippen MR) is 129 cm³/mol. The normalized spacial score (nSPS) is 32.0. The predicted octanol–water partition coefficient (Wildman–Crippen LogP) is 7.40. The first-order valence-corrected chi connectivity index (χ1v) is 13.6. The number of hydrogen-bond donors (Lipinski definition) is 1. The third-order valence-corrected chi connectivity index (χ3v) is 9.36. The summed E-state index contributed by atoms with van der Waals surface area (Å²) in [5.41, 5.74) is 0.990. The molecule has 0 amide bonds. The van der Waals surface area contributed by atoms with Gasteiger partial charge in [-0.3, -0.25) is 4.79 Å². The smallest absolute Gasteiger partial charge is 0.315 e. The number of aliphatic hydroxyl groups is 1. The molecule has 33 heavy (non-hydrogen) atoms. The summed E-state index contributed by atoms with van der Waals surface area (Å²) in [4.78, 5) is 12.9. The zero-order valence-corrected chi connectivity index (χ0v) is 20.8. The lowest BCUT2D eigenvalue weighted by Gasteiger charge is -2.41. The van der Waals surface area contributed by atoms with Gasteiger partial charge in [-0.25, -0.2) is 4.39 Å². The highest BCUT2D eigenvalue weighted by Gasteiger charge is 2.40. The van der Waals surface area contributed by atoms with Gasteiger partial charge in [-0.1, -0.05) is 58.6 Å². The van der Waals surface area contributed by atoms with E-state index >= 15 is 0 Å². The van der Waals surface area contributed by atoms with E-state index in [4.69, 9.17) is 4.74 Å². The zero-order valence-electron chi connectivity index (χ0n) is 20.8. The molecule has 3 nitrogen and oxygen atoms in total. The Labute approximate surface area is 199 Å². The molecule has 0 aromatic heterocycles. The van der Waals surface area contributed by atoms with Gasteiger partial charge in [0.05, 0.1) is 12.0 Å². The van der Waals surface area contributed by atoms with Crippen molar-refractivity contribution in [3.63, 3.8) is 0 Å². The van der Waals surface area contributed by atoms with Crippen molar-refractivity contribution in [3.8, 4) is 5.75 Å². The number of halogens is 1. The first-order chi connectivity index (χ1) is 15.9. The van der Waals surface area contributed by atoms with Gasteiger partial charge in [-0.2, -0.15) is 0 Å². The minimum absolute atomic E-state index is 0.0437. The molecule has 0 spiro atoms. The molecule has 184 valence electrons. The summed E-state index contributed by atoms with van der Waals surface area (Å²) in [6, 6.07) is 3.50. The number of carbonyl (C=O) groups is 1. The molecule has 2 saturated carbocycles. The van der Waals surface area contributed by atoms with Gasteiger partial charge in [-0.05, 0) is 86.5 Å². The number of ether oxygens (including phenoxy) is 1. The minimum atomic E-state index is -0.870. The van der Waals surface area contributed by atoms with E-state index in [1.807, 2.05) is 6.07 Å². The van der Waals surface area contributed by atoms with Crippen molar-refractivity contribution in [2.45, 2.75) is 104 Å². The van der Waals surface area contributed by atoms with Gasteiger partial charge in [0.25, 0.3) is 0 Å². The van der Waals surface area contributed by atoms with Crippen LogP contribution in [-0.4, -0.2) is 11.1 Å². The highest BCUT2D eigenvalue weighted by atomic mass is 19.1. The second-order valence-electron chi connectivity index (χ2n) is 11.2. The molecule has 3 atom stereocenters. The molecule has 0 saturated heterocycles. The lowest BCUT2D eigenvalue weighted by Crippen LogP contribution is -2.37. The number of hydrogen-bond acceptors (Lipinski definition) is 3. The van der Waals surface area contributed by atoms with Gasteiger partial charge < -0.3 is 9.84 Å². The van der Waals surface area contributed by atoms with Crippen LogP contribution in [0.2, 0.25) is 0 Å². The van der Waals surface area contributed by atoms with Crippen molar-refractivity contribution in [1.82, 2.24) is 0 Å². The molecule has 4 rings (SSSR count). The molecule has 2 fully saturated rings. The summed E-state index contributed by atoms with van der Waals surface area (Å²) in [6.45, 7) is 6.59. The SMILES string of the molecule is CCCC1CCC(C(C)C2CCC(C3Cc4ccc(C(O)CC)c(F)c4OC3=O)CC2)CC1. The molecule has 1 aromatic carbocycles. The molecular formula is C29H43FO3. The number of rotatable bonds is 7. The summed E-state index contributed by atoms with van der Waals surface area (Å²) in [5.74, 6) is 2.75. The van der Waals surface area contributed by atoms with Crippen LogP contribution in [0.3, 0.4) is 0 Å². The van der Waals surface area contributed by atoms with Crippen LogP contribution in [0.5, 0.6) is 5.75 Å². The van der Waals surface area contributed by atoms with Crippen molar-refractivity contribution in [2.24, 2.45) is 35.5 Å². The second-order valence-corrected chi connectivity index (χ2v) is 11.2. The number of benzene rings is 1. The number of fused-ring (bicyclic) bond motifs is 1. The number of aliphatic hydroxyl groups excluding tert-OH is 1. The monoisotopic (exact) mass is 458 g/mol. The molecule has 1 aromatic rings. The maximum Gasteiger partial charge on any atom is 0.315 e. The van der Waals surface area contributed by atoms with Crippen molar-refractivity contribution < 1.29 is 19.0 Å². The fourth-order valence-corrected chi connectivity index (χ4v) is 7.08. The Hall–Kier alpha value is -1.42. The van der Waals surface area contributed by atoms with Crippen molar-refractivity contribution in [3.05, 3.63) is 29.1 Å². The molecule has 0 bridgehead atoms. The Bertz CT molecular complexity index is 805. The van der Waals surface area contributed by atoms with Gasteiger partial charge in [0.2, 0.25) is 0 Å². The zero-order chi connectivity index (χ0) is 23.5. The first-order valence-electron chi connectivity index (χ1n) is 13.6. The van der Waals surface area contributed by atoms with Gasteiger partial charge in [0.15, 0.2) is 11.6 Å². The van der Waals surface area contributed by atoms with E-state index in [1.54, 1.807) is 13.0 Å². The number of esters is 1. The average Bonchev–Trinajstić information content (AvgIpc) is 2.84. The largest absolute Gasteiger partial charge is 0.423 e. The van der Waals surface area contributed by atoms with E-state index in [-0.39, 0.29) is 23.2 Å². The van der Waals surface area contributed by atoms with Crippen LogP contribution in [0.15, 0.2) is 12.1 Å². The number of carbonyl (C=O) groups excluding carboxylic acids is 1. The van der Waals surface area contributed by atoms with E-state index < -0.39 is 11.9 Å². The maximum absolute atomic E-state index is 14.9. The van der Waals surface area contributed by atoms with Gasteiger partial charge in [0.1, 0.15) is 0 Å². The molecule has 3 unspecified atom stereocenters. The van der Waals surface area contributed by atoms with E-state index in [0.717, 1.165) is 42.1 Å². The minimum Gasteiger partial charge on any atom is -0.423 e.